The summed E-state index contributed by atoms with van der Waals surface area (Å²) in [4.78, 5) is 14.4. The largest absolute Gasteiger partial charge is 0.493 e. The summed E-state index contributed by atoms with van der Waals surface area (Å²) in [5, 5.41) is 3.61. The van der Waals surface area contributed by atoms with Crippen LogP contribution in [0.15, 0.2) is 18.2 Å². The van der Waals surface area contributed by atoms with E-state index in [9.17, 15) is 4.79 Å². The quantitative estimate of drug-likeness (QED) is 0.917. The highest BCUT2D eigenvalue weighted by atomic mass is 35.5. The minimum Gasteiger partial charge on any atom is -0.493 e. The first-order valence-electron chi connectivity index (χ1n) is 8.35. The SMILES string of the molecule is Cc1cc(C)cc(OCCC(=O)N2CCC3CCC(C2)N3)c1.Cl. The van der Waals surface area contributed by atoms with Crippen LogP contribution in [0.3, 0.4) is 0 Å². The van der Waals surface area contributed by atoms with Gasteiger partial charge in [0.25, 0.3) is 0 Å². The number of likely N-dealkylation sites (tertiary alicyclic amines) is 1. The molecule has 2 fully saturated rings. The summed E-state index contributed by atoms with van der Waals surface area (Å²) in [6.45, 7) is 6.32. The number of ether oxygens (including phenoxy) is 1. The van der Waals surface area contributed by atoms with Gasteiger partial charge in [-0.2, -0.15) is 0 Å². The number of nitrogens with one attached hydrogen (secondary N) is 1. The second-order valence-electron chi connectivity index (χ2n) is 6.69. The molecule has 5 heteroatoms. The molecule has 0 saturated carbocycles. The third kappa shape index (κ3) is 4.85. The first-order chi connectivity index (χ1) is 10.6. The van der Waals surface area contributed by atoms with Gasteiger partial charge in [0.15, 0.2) is 0 Å². The predicted octanol–water partition coefficient (Wildman–Crippen LogP) is 2.85. The number of amides is 1. The van der Waals surface area contributed by atoms with Crippen molar-refractivity contribution >= 4 is 18.3 Å². The number of benzene rings is 1. The minimum absolute atomic E-state index is 0. The van der Waals surface area contributed by atoms with E-state index in [1.807, 2.05) is 17.0 Å². The zero-order valence-corrected chi connectivity index (χ0v) is 14.8. The molecular weight excluding hydrogens is 312 g/mol. The van der Waals surface area contributed by atoms with Crippen LogP contribution in [-0.2, 0) is 4.79 Å². The molecule has 2 bridgehead atoms. The van der Waals surface area contributed by atoms with Gasteiger partial charge in [-0.3, -0.25) is 4.79 Å². The molecule has 128 valence electrons. The van der Waals surface area contributed by atoms with Gasteiger partial charge < -0.3 is 15.0 Å². The third-order valence-corrected chi connectivity index (χ3v) is 4.66. The fourth-order valence-electron chi connectivity index (χ4n) is 3.60. The highest BCUT2D eigenvalue weighted by Crippen LogP contribution is 2.21. The summed E-state index contributed by atoms with van der Waals surface area (Å²) in [5.74, 6) is 1.08. The molecular formula is C18H27ClN2O2. The van der Waals surface area contributed by atoms with Crippen LogP contribution in [0, 0.1) is 13.8 Å². The number of rotatable bonds is 4. The van der Waals surface area contributed by atoms with Crippen LogP contribution >= 0.6 is 12.4 Å². The monoisotopic (exact) mass is 338 g/mol. The molecule has 0 aliphatic carbocycles. The molecule has 1 aromatic carbocycles. The Morgan fingerprint density at radius 1 is 1.17 bits per heavy atom. The van der Waals surface area contributed by atoms with Crippen LogP contribution < -0.4 is 10.1 Å². The van der Waals surface area contributed by atoms with Crippen LogP contribution in [0.4, 0.5) is 0 Å². The van der Waals surface area contributed by atoms with Crippen LogP contribution in [0.1, 0.15) is 36.8 Å². The van der Waals surface area contributed by atoms with E-state index in [1.54, 1.807) is 0 Å². The first kappa shape index (κ1) is 18.1. The lowest BCUT2D eigenvalue weighted by molar-refractivity contribution is -0.131. The lowest BCUT2D eigenvalue weighted by Crippen LogP contribution is -2.39. The predicted molar refractivity (Wildman–Crippen MR) is 94.4 cm³/mol. The lowest BCUT2D eigenvalue weighted by Gasteiger charge is -2.24. The van der Waals surface area contributed by atoms with Crippen LogP contribution in [-0.4, -0.2) is 42.6 Å². The van der Waals surface area contributed by atoms with Gasteiger partial charge in [0.05, 0.1) is 13.0 Å². The average molecular weight is 339 g/mol. The fourth-order valence-corrected chi connectivity index (χ4v) is 3.60. The molecule has 2 heterocycles. The molecule has 0 aromatic heterocycles. The Labute approximate surface area is 145 Å². The van der Waals surface area contributed by atoms with Crippen molar-refractivity contribution in [2.24, 2.45) is 0 Å². The molecule has 1 amide bonds. The van der Waals surface area contributed by atoms with Gasteiger partial charge in [-0.05, 0) is 56.4 Å². The standard InChI is InChI=1S/C18H26N2O2.ClH/c1-13-9-14(2)11-17(10-13)22-8-6-18(21)20-7-5-15-3-4-16(12-20)19-15;/h9-11,15-16,19H,3-8,12H2,1-2H3;1H. The first-order valence-corrected chi connectivity index (χ1v) is 8.35. The molecule has 1 N–H and O–H groups in total. The number of carbonyl (C=O) groups excluding carboxylic acids is 1. The van der Waals surface area contributed by atoms with Gasteiger partial charge in [-0.1, -0.05) is 6.07 Å². The van der Waals surface area contributed by atoms with Gasteiger partial charge in [0, 0.05) is 25.2 Å². The molecule has 23 heavy (non-hydrogen) atoms. The number of aryl methyl sites for hydroxylation is 2. The number of hydrogen-bond acceptors (Lipinski definition) is 3. The Kier molecular flexibility index (Phi) is 6.31. The van der Waals surface area contributed by atoms with E-state index < -0.39 is 0 Å². The fraction of sp³-hybridized carbons (Fsp3) is 0.611. The molecule has 2 saturated heterocycles. The molecule has 3 rings (SSSR count). The zero-order valence-electron chi connectivity index (χ0n) is 14.0. The summed E-state index contributed by atoms with van der Waals surface area (Å²) in [6.07, 6.45) is 4.01. The van der Waals surface area contributed by atoms with E-state index in [2.05, 4.69) is 25.2 Å². The van der Waals surface area contributed by atoms with Crippen molar-refractivity contribution in [3.8, 4) is 5.75 Å². The molecule has 1 aromatic rings. The molecule has 2 unspecified atom stereocenters. The topological polar surface area (TPSA) is 41.6 Å². The van der Waals surface area contributed by atoms with Crippen molar-refractivity contribution in [1.29, 1.82) is 0 Å². The van der Waals surface area contributed by atoms with Crippen molar-refractivity contribution in [2.45, 2.75) is 51.6 Å². The Morgan fingerprint density at radius 3 is 2.61 bits per heavy atom. The Morgan fingerprint density at radius 2 is 1.87 bits per heavy atom. The van der Waals surface area contributed by atoms with Crippen LogP contribution in [0.25, 0.3) is 0 Å². The second-order valence-corrected chi connectivity index (χ2v) is 6.69. The number of hydrogen-bond donors (Lipinski definition) is 1. The molecule has 2 atom stereocenters. The normalized spacial score (nSPS) is 23.1. The summed E-state index contributed by atoms with van der Waals surface area (Å²) in [7, 11) is 0. The van der Waals surface area contributed by atoms with Gasteiger partial charge in [0.2, 0.25) is 5.91 Å². The van der Waals surface area contributed by atoms with Gasteiger partial charge in [0.1, 0.15) is 5.75 Å². The van der Waals surface area contributed by atoms with Crippen molar-refractivity contribution in [3.05, 3.63) is 29.3 Å². The van der Waals surface area contributed by atoms with Crippen LogP contribution in [0.2, 0.25) is 0 Å². The smallest absolute Gasteiger partial charge is 0.226 e. The highest BCUT2D eigenvalue weighted by Gasteiger charge is 2.30. The molecule has 4 nitrogen and oxygen atoms in total. The molecule has 2 aliphatic heterocycles. The maximum atomic E-state index is 12.4. The number of halogens is 1. The Hall–Kier alpha value is -1.26. The van der Waals surface area contributed by atoms with E-state index in [4.69, 9.17) is 4.74 Å². The summed E-state index contributed by atoms with van der Waals surface area (Å²) in [5.41, 5.74) is 2.38. The second kappa shape index (κ2) is 8.02. The lowest BCUT2D eigenvalue weighted by atomic mass is 10.1. The molecule has 0 radical (unpaired) electrons. The molecule has 0 spiro atoms. The van der Waals surface area contributed by atoms with E-state index in [1.165, 1.54) is 24.0 Å². The minimum atomic E-state index is 0. The average Bonchev–Trinajstić information content (AvgIpc) is 2.77. The van der Waals surface area contributed by atoms with E-state index in [0.29, 0.717) is 25.1 Å². The van der Waals surface area contributed by atoms with Crippen molar-refractivity contribution in [2.75, 3.05) is 19.7 Å². The summed E-state index contributed by atoms with van der Waals surface area (Å²) >= 11 is 0. The van der Waals surface area contributed by atoms with Gasteiger partial charge >= 0.3 is 0 Å². The van der Waals surface area contributed by atoms with E-state index >= 15 is 0 Å². The number of nitrogens with zero attached hydrogens (tertiary/aromatic N) is 1. The summed E-state index contributed by atoms with van der Waals surface area (Å²) < 4.78 is 5.76. The van der Waals surface area contributed by atoms with Crippen molar-refractivity contribution in [3.63, 3.8) is 0 Å². The third-order valence-electron chi connectivity index (χ3n) is 4.66. The van der Waals surface area contributed by atoms with Crippen molar-refractivity contribution < 1.29 is 9.53 Å². The maximum absolute atomic E-state index is 12.4. The Balaban J connectivity index is 0.00000192. The molecule has 2 aliphatic rings. The van der Waals surface area contributed by atoms with Gasteiger partial charge in [-0.15, -0.1) is 12.4 Å². The van der Waals surface area contributed by atoms with Crippen molar-refractivity contribution in [1.82, 2.24) is 10.2 Å². The summed E-state index contributed by atoms with van der Waals surface area (Å²) in [6, 6.07) is 7.28. The zero-order chi connectivity index (χ0) is 15.5. The number of fused-ring (bicyclic) bond motifs is 2. The highest BCUT2D eigenvalue weighted by molar-refractivity contribution is 5.85. The van der Waals surface area contributed by atoms with E-state index in [0.717, 1.165) is 25.3 Å². The van der Waals surface area contributed by atoms with Crippen LogP contribution in [0.5, 0.6) is 5.75 Å². The van der Waals surface area contributed by atoms with E-state index in [-0.39, 0.29) is 18.3 Å². The number of carbonyl (C=O) groups is 1. The Bertz CT molecular complexity index is 530. The van der Waals surface area contributed by atoms with Gasteiger partial charge in [-0.25, -0.2) is 0 Å². The maximum Gasteiger partial charge on any atom is 0.226 e.